The molecule has 0 saturated heterocycles. The number of esters is 1. The average molecular weight is 257 g/mol. The van der Waals surface area contributed by atoms with E-state index in [2.05, 4.69) is 0 Å². The van der Waals surface area contributed by atoms with Crippen molar-refractivity contribution in [3.8, 4) is 5.75 Å². The van der Waals surface area contributed by atoms with Gasteiger partial charge in [0, 0.05) is 0 Å². The van der Waals surface area contributed by atoms with Gasteiger partial charge in [0.05, 0.1) is 17.2 Å². The van der Waals surface area contributed by atoms with Crippen LogP contribution in [0.5, 0.6) is 5.75 Å². The van der Waals surface area contributed by atoms with Crippen LogP contribution in [0.15, 0.2) is 18.2 Å². The van der Waals surface area contributed by atoms with Crippen LogP contribution < -0.4 is 4.74 Å². The van der Waals surface area contributed by atoms with Crippen molar-refractivity contribution in [1.82, 2.24) is 0 Å². The molecule has 0 heterocycles. The molecule has 4 nitrogen and oxygen atoms in total. The van der Waals surface area contributed by atoms with Crippen molar-refractivity contribution in [2.24, 2.45) is 0 Å². The molecule has 0 aliphatic carbocycles. The highest BCUT2D eigenvalue weighted by Gasteiger charge is 2.18. The normalized spacial score (nSPS) is 11.7. The SMILES string of the molecule is CCOC(=O)C(C)Oc1cccc(Cl)c1C=O. The number of aldehydes is 1. The van der Waals surface area contributed by atoms with Crippen LogP contribution in [0, 0.1) is 0 Å². The van der Waals surface area contributed by atoms with Gasteiger partial charge in [0.1, 0.15) is 5.75 Å². The van der Waals surface area contributed by atoms with Gasteiger partial charge in [0.25, 0.3) is 0 Å². The molecule has 17 heavy (non-hydrogen) atoms. The van der Waals surface area contributed by atoms with E-state index < -0.39 is 12.1 Å². The van der Waals surface area contributed by atoms with E-state index in [4.69, 9.17) is 21.1 Å². The van der Waals surface area contributed by atoms with Crippen LogP contribution in [-0.4, -0.2) is 25.0 Å². The number of carbonyl (C=O) groups is 2. The third kappa shape index (κ3) is 3.46. The van der Waals surface area contributed by atoms with Crippen LogP contribution in [0.4, 0.5) is 0 Å². The molecule has 0 saturated carbocycles. The molecular formula is C12H13ClO4. The van der Waals surface area contributed by atoms with Crippen molar-refractivity contribution in [3.63, 3.8) is 0 Å². The van der Waals surface area contributed by atoms with Gasteiger partial charge >= 0.3 is 5.97 Å². The molecule has 1 atom stereocenters. The van der Waals surface area contributed by atoms with Crippen LogP contribution >= 0.6 is 11.6 Å². The topological polar surface area (TPSA) is 52.6 Å². The minimum absolute atomic E-state index is 0.227. The molecule has 0 bridgehead atoms. The molecule has 0 aliphatic heterocycles. The molecule has 1 unspecified atom stereocenters. The van der Waals surface area contributed by atoms with E-state index in [9.17, 15) is 9.59 Å². The lowest BCUT2D eigenvalue weighted by molar-refractivity contribution is -0.150. The summed E-state index contributed by atoms with van der Waals surface area (Å²) in [5, 5.41) is 0.286. The number of halogens is 1. The van der Waals surface area contributed by atoms with Gasteiger partial charge in [-0.25, -0.2) is 4.79 Å². The predicted octanol–water partition coefficient (Wildman–Crippen LogP) is 2.48. The Morgan fingerprint density at radius 1 is 1.53 bits per heavy atom. The highest BCUT2D eigenvalue weighted by Crippen LogP contribution is 2.25. The molecular weight excluding hydrogens is 244 g/mol. The van der Waals surface area contributed by atoms with Gasteiger partial charge < -0.3 is 9.47 Å². The van der Waals surface area contributed by atoms with Gasteiger partial charge in [0.15, 0.2) is 12.4 Å². The monoisotopic (exact) mass is 256 g/mol. The summed E-state index contributed by atoms with van der Waals surface area (Å²) in [6.45, 7) is 3.54. The van der Waals surface area contributed by atoms with E-state index in [1.54, 1.807) is 32.0 Å². The number of benzene rings is 1. The molecule has 1 aromatic carbocycles. The highest BCUT2D eigenvalue weighted by atomic mass is 35.5. The first-order chi connectivity index (χ1) is 8.10. The zero-order valence-electron chi connectivity index (χ0n) is 9.60. The zero-order chi connectivity index (χ0) is 12.8. The van der Waals surface area contributed by atoms with Gasteiger partial charge in [-0.3, -0.25) is 4.79 Å². The number of carbonyl (C=O) groups excluding carboxylic acids is 2. The summed E-state index contributed by atoms with van der Waals surface area (Å²) in [5.74, 6) is -0.211. The van der Waals surface area contributed by atoms with Crippen LogP contribution in [0.25, 0.3) is 0 Å². The highest BCUT2D eigenvalue weighted by molar-refractivity contribution is 6.33. The number of ether oxygens (including phenoxy) is 2. The smallest absolute Gasteiger partial charge is 0.347 e. The van der Waals surface area contributed by atoms with Gasteiger partial charge in [-0.15, -0.1) is 0 Å². The molecule has 0 aromatic heterocycles. The fourth-order valence-corrected chi connectivity index (χ4v) is 1.44. The van der Waals surface area contributed by atoms with E-state index in [0.29, 0.717) is 6.29 Å². The molecule has 5 heteroatoms. The second-order valence-corrected chi connectivity index (χ2v) is 3.69. The first-order valence-corrected chi connectivity index (χ1v) is 5.55. The minimum atomic E-state index is -0.785. The van der Waals surface area contributed by atoms with Crippen molar-refractivity contribution in [2.45, 2.75) is 20.0 Å². The molecule has 0 N–H and O–H groups in total. The quantitative estimate of drug-likeness (QED) is 0.600. The third-order valence-electron chi connectivity index (χ3n) is 2.05. The Morgan fingerprint density at radius 3 is 2.82 bits per heavy atom. The van der Waals surface area contributed by atoms with Crippen LogP contribution in [-0.2, 0) is 9.53 Å². The molecule has 0 fully saturated rings. The lowest BCUT2D eigenvalue weighted by atomic mass is 10.2. The predicted molar refractivity (Wildman–Crippen MR) is 63.6 cm³/mol. The molecule has 0 spiro atoms. The Labute approximate surface area is 104 Å². The van der Waals surface area contributed by atoms with Crippen molar-refractivity contribution >= 4 is 23.9 Å². The maximum atomic E-state index is 11.4. The Hall–Kier alpha value is -1.55. The van der Waals surface area contributed by atoms with Crippen LogP contribution in [0.2, 0.25) is 5.02 Å². The van der Waals surface area contributed by atoms with E-state index in [1.807, 2.05) is 0 Å². The summed E-state index contributed by atoms with van der Waals surface area (Å²) in [5.41, 5.74) is 0.227. The van der Waals surface area contributed by atoms with Crippen molar-refractivity contribution in [2.75, 3.05) is 6.61 Å². The van der Waals surface area contributed by atoms with E-state index in [-0.39, 0.29) is 22.9 Å². The number of hydrogen-bond acceptors (Lipinski definition) is 4. The number of hydrogen-bond donors (Lipinski definition) is 0. The summed E-state index contributed by atoms with van der Waals surface area (Å²) in [4.78, 5) is 22.2. The van der Waals surface area contributed by atoms with Crippen LogP contribution in [0.3, 0.4) is 0 Å². The Morgan fingerprint density at radius 2 is 2.24 bits per heavy atom. The van der Waals surface area contributed by atoms with E-state index in [0.717, 1.165) is 0 Å². The maximum Gasteiger partial charge on any atom is 0.347 e. The average Bonchev–Trinajstić information content (AvgIpc) is 2.29. The van der Waals surface area contributed by atoms with E-state index >= 15 is 0 Å². The lowest BCUT2D eigenvalue weighted by Crippen LogP contribution is -2.26. The first-order valence-electron chi connectivity index (χ1n) is 5.17. The van der Waals surface area contributed by atoms with Crippen molar-refractivity contribution in [1.29, 1.82) is 0 Å². The Balaban J connectivity index is 2.84. The molecule has 92 valence electrons. The zero-order valence-corrected chi connectivity index (χ0v) is 10.4. The van der Waals surface area contributed by atoms with Gasteiger partial charge in [-0.1, -0.05) is 17.7 Å². The Kier molecular flexibility index (Phi) is 4.97. The maximum absolute atomic E-state index is 11.4. The summed E-state index contributed by atoms with van der Waals surface area (Å²) in [6, 6.07) is 4.79. The fraction of sp³-hybridized carbons (Fsp3) is 0.333. The second kappa shape index (κ2) is 6.25. The molecule has 0 radical (unpaired) electrons. The van der Waals surface area contributed by atoms with Gasteiger partial charge in [-0.05, 0) is 26.0 Å². The van der Waals surface area contributed by atoms with Crippen LogP contribution in [0.1, 0.15) is 24.2 Å². The summed E-state index contributed by atoms with van der Waals surface area (Å²) >= 11 is 5.83. The summed E-state index contributed by atoms with van der Waals surface area (Å²) < 4.78 is 10.1. The van der Waals surface area contributed by atoms with Gasteiger partial charge in [0.2, 0.25) is 0 Å². The lowest BCUT2D eigenvalue weighted by Gasteiger charge is -2.14. The molecule has 1 rings (SSSR count). The largest absolute Gasteiger partial charge is 0.478 e. The third-order valence-corrected chi connectivity index (χ3v) is 2.38. The fourth-order valence-electron chi connectivity index (χ4n) is 1.23. The molecule has 0 amide bonds. The van der Waals surface area contributed by atoms with Crippen molar-refractivity contribution in [3.05, 3.63) is 28.8 Å². The Bertz CT molecular complexity index is 417. The van der Waals surface area contributed by atoms with Crippen molar-refractivity contribution < 1.29 is 19.1 Å². The minimum Gasteiger partial charge on any atom is -0.478 e. The van der Waals surface area contributed by atoms with Gasteiger partial charge in [-0.2, -0.15) is 0 Å². The molecule has 1 aromatic rings. The number of rotatable bonds is 5. The first kappa shape index (κ1) is 13.5. The second-order valence-electron chi connectivity index (χ2n) is 3.28. The summed E-state index contributed by atoms with van der Waals surface area (Å²) in [6.07, 6.45) is -0.192. The van der Waals surface area contributed by atoms with E-state index in [1.165, 1.54) is 0 Å². The summed E-state index contributed by atoms with van der Waals surface area (Å²) in [7, 11) is 0. The molecule has 0 aliphatic rings. The standard InChI is InChI=1S/C12H13ClO4/c1-3-16-12(15)8(2)17-11-6-4-5-10(13)9(11)7-14/h4-8H,3H2,1-2H3.